The van der Waals surface area contributed by atoms with Gasteiger partial charge in [-0.15, -0.1) is 0 Å². The van der Waals surface area contributed by atoms with E-state index in [4.69, 9.17) is 23.7 Å². The van der Waals surface area contributed by atoms with Crippen molar-refractivity contribution in [3.63, 3.8) is 0 Å². The second kappa shape index (κ2) is 12.5. The van der Waals surface area contributed by atoms with E-state index in [9.17, 15) is 10.0 Å². The standard InChI is InChI=1S/C31H63N4O6Si3/c1-28(2,3)35(37)21-19-34(27(36)33-25(21)32)26-24(41-44(17,18)31(10,11)12)23(40-43(15,16)30(7,8)9)22(39-26)20-38-42(13,14)29(4,5)6/h19,22-24,26H,20H2,1-18H3,(H2,32,33,36)/q-1/t22-,23-,24-,26-/m1/s1. The Morgan fingerprint density at radius 3 is 1.68 bits per heavy atom. The maximum Gasteiger partial charge on any atom is 0.351 e. The average Bonchev–Trinajstić information content (AvgIpc) is 3.10. The highest BCUT2D eigenvalue weighted by Gasteiger charge is 2.55. The third-order valence-electron chi connectivity index (χ3n) is 10.2. The number of ether oxygens (including phenoxy) is 1. The largest absolute Gasteiger partial charge is 0.758 e. The molecule has 1 fully saturated rings. The predicted octanol–water partition coefficient (Wildman–Crippen LogP) is 7.63. The van der Waals surface area contributed by atoms with Crippen molar-refractivity contribution in [2.75, 3.05) is 17.4 Å². The molecule has 2 rings (SSSR count). The fraction of sp³-hybridized carbons (Fsp3) is 0.871. The summed E-state index contributed by atoms with van der Waals surface area (Å²) in [4.78, 5) is 17.6. The van der Waals surface area contributed by atoms with Crippen LogP contribution in [0.1, 0.15) is 89.3 Å². The molecule has 1 aliphatic heterocycles. The number of anilines is 2. The summed E-state index contributed by atoms with van der Waals surface area (Å²) in [6.07, 6.45) is -1.12. The van der Waals surface area contributed by atoms with Crippen LogP contribution in [-0.2, 0) is 18.0 Å². The third kappa shape index (κ3) is 8.44. The molecule has 2 heterocycles. The molecule has 44 heavy (non-hydrogen) atoms. The number of hydrogen-bond donors (Lipinski definition) is 1. The Morgan fingerprint density at radius 1 is 0.841 bits per heavy atom. The van der Waals surface area contributed by atoms with E-state index in [0.29, 0.717) is 6.61 Å². The number of nitrogen functional groups attached to an aromatic ring is 1. The van der Waals surface area contributed by atoms with Gasteiger partial charge in [-0.2, -0.15) is 4.98 Å². The highest BCUT2D eigenvalue weighted by atomic mass is 28.4. The molecule has 0 aliphatic carbocycles. The summed E-state index contributed by atoms with van der Waals surface area (Å²) in [5, 5.41) is 13.9. The van der Waals surface area contributed by atoms with Gasteiger partial charge >= 0.3 is 5.69 Å². The van der Waals surface area contributed by atoms with Crippen molar-refractivity contribution < 1.29 is 18.0 Å². The summed E-state index contributed by atoms with van der Waals surface area (Å²) < 4.78 is 29.2. The molecule has 0 saturated carbocycles. The zero-order valence-corrected chi connectivity index (χ0v) is 34.0. The minimum atomic E-state index is -2.43. The molecule has 2 N–H and O–H groups in total. The summed E-state index contributed by atoms with van der Waals surface area (Å²) >= 11 is 0. The van der Waals surface area contributed by atoms with Crippen LogP contribution in [-0.4, -0.2) is 65.0 Å². The van der Waals surface area contributed by atoms with Gasteiger partial charge in [0, 0.05) is 11.7 Å². The van der Waals surface area contributed by atoms with Crippen LogP contribution < -0.4 is 16.5 Å². The Labute approximate surface area is 270 Å². The minimum absolute atomic E-state index is 0.00487. The monoisotopic (exact) mass is 671 g/mol. The van der Waals surface area contributed by atoms with Crippen LogP contribution in [0.4, 0.5) is 11.5 Å². The Morgan fingerprint density at radius 2 is 1.27 bits per heavy atom. The molecular weight excluding hydrogens is 609 g/mol. The van der Waals surface area contributed by atoms with Crippen LogP contribution in [0.2, 0.25) is 54.4 Å². The highest BCUT2D eigenvalue weighted by molar-refractivity contribution is 6.75. The first kappa shape index (κ1) is 39.1. The molecule has 13 heteroatoms. The predicted molar refractivity (Wildman–Crippen MR) is 190 cm³/mol. The molecule has 256 valence electrons. The summed E-state index contributed by atoms with van der Waals surface area (Å²) in [5.41, 5.74) is 4.82. The molecule has 0 aromatic carbocycles. The van der Waals surface area contributed by atoms with Gasteiger partial charge in [-0.3, -0.25) is 4.57 Å². The van der Waals surface area contributed by atoms with E-state index in [1.165, 1.54) is 10.8 Å². The highest BCUT2D eigenvalue weighted by Crippen LogP contribution is 2.46. The lowest BCUT2D eigenvalue weighted by Crippen LogP contribution is -2.54. The fourth-order valence-electron chi connectivity index (χ4n) is 4.05. The lowest BCUT2D eigenvalue weighted by atomic mass is 10.1. The Balaban J connectivity index is 2.81. The molecular formula is C31H63N4O6Si3-. The van der Waals surface area contributed by atoms with E-state index in [1.807, 2.05) is 0 Å². The van der Waals surface area contributed by atoms with Crippen molar-refractivity contribution in [3.05, 3.63) is 21.9 Å². The number of rotatable bonds is 9. The average molecular weight is 672 g/mol. The van der Waals surface area contributed by atoms with Gasteiger partial charge in [0.15, 0.2) is 37.0 Å². The van der Waals surface area contributed by atoms with Gasteiger partial charge in [0.25, 0.3) is 0 Å². The van der Waals surface area contributed by atoms with E-state index in [0.717, 1.165) is 5.06 Å². The number of hydrogen-bond acceptors (Lipinski definition) is 9. The summed E-state index contributed by atoms with van der Waals surface area (Å²) in [5.74, 6) is -0.122. The Hall–Kier alpha value is -1.07. The minimum Gasteiger partial charge on any atom is -0.758 e. The Kier molecular flexibility index (Phi) is 11.1. The molecule has 4 atom stereocenters. The van der Waals surface area contributed by atoms with Gasteiger partial charge in [0.1, 0.15) is 18.3 Å². The van der Waals surface area contributed by atoms with Gasteiger partial charge in [0.2, 0.25) is 0 Å². The van der Waals surface area contributed by atoms with Crippen LogP contribution >= 0.6 is 0 Å². The van der Waals surface area contributed by atoms with E-state index < -0.39 is 60.7 Å². The molecule has 1 aromatic rings. The van der Waals surface area contributed by atoms with Crippen LogP contribution in [0.5, 0.6) is 0 Å². The van der Waals surface area contributed by atoms with Crippen molar-refractivity contribution in [1.29, 1.82) is 0 Å². The first-order valence-corrected chi connectivity index (χ1v) is 24.6. The van der Waals surface area contributed by atoms with Gasteiger partial charge in [-0.25, -0.2) is 4.79 Å². The molecule has 0 spiro atoms. The number of aromatic nitrogens is 2. The lowest BCUT2D eigenvalue weighted by Gasteiger charge is -2.45. The molecule has 10 nitrogen and oxygen atoms in total. The molecule has 0 amide bonds. The van der Waals surface area contributed by atoms with Crippen LogP contribution in [0.3, 0.4) is 0 Å². The summed E-state index contributed by atoms with van der Waals surface area (Å²) in [6, 6.07) is 0. The maximum absolute atomic E-state index is 13.5. The SMILES string of the molecule is CC(C)(C)N([O-])c1cn([C@@H]2O[C@H](CO[Si](C)(C)C(C)(C)C)[C@@H](O[Si](C)(C)C(C)(C)C)[C@H]2O[Si](C)(C)C(C)(C)C)c(=O)nc1N. The molecule has 0 unspecified atom stereocenters. The van der Waals surface area contributed by atoms with E-state index >= 15 is 0 Å². The first-order valence-electron chi connectivity index (χ1n) is 15.9. The zero-order valence-electron chi connectivity index (χ0n) is 31.0. The van der Waals surface area contributed by atoms with Crippen molar-refractivity contribution >= 4 is 36.5 Å². The fourth-order valence-corrected chi connectivity index (χ4v) is 7.66. The topological polar surface area (TPSA) is 124 Å². The molecule has 1 aromatic heterocycles. The molecule has 0 radical (unpaired) electrons. The number of nitrogens with two attached hydrogens (primary N) is 1. The first-order chi connectivity index (χ1) is 19.3. The van der Waals surface area contributed by atoms with Crippen LogP contribution in [0, 0.1) is 5.21 Å². The van der Waals surface area contributed by atoms with Gasteiger partial charge < -0.3 is 34.0 Å². The Bertz CT molecular complexity index is 1210. The normalized spacial score (nSPS) is 22.9. The molecule has 0 bridgehead atoms. The quantitative estimate of drug-likeness (QED) is 0.208. The van der Waals surface area contributed by atoms with E-state index in [-0.39, 0.29) is 26.6 Å². The van der Waals surface area contributed by atoms with Crippen molar-refractivity contribution in [2.24, 2.45) is 0 Å². The van der Waals surface area contributed by atoms with Gasteiger partial charge in [0.05, 0.1) is 12.3 Å². The van der Waals surface area contributed by atoms with Gasteiger partial charge in [-0.1, -0.05) is 62.3 Å². The van der Waals surface area contributed by atoms with Crippen molar-refractivity contribution in [1.82, 2.24) is 9.55 Å². The molecule has 1 saturated heterocycles. The van der Waals surface area contributed by atoms with Crippen LogP contribution in [0.15, 0.2) is 11.0 Å². The zero-order chi connectivity index (χ0) is 34.6. The van der Waals surface area contributed by atoms with E-state index in [1.54, 1.807) is 20.8 Å². The number of nitrogens with zero attached hydrogens (tertiary/aromatic N) is 3. The van der Waals surface area contributed by atoms with E-state index in [2.05, 4.69) is 107 Å². The second-order valence-corrected chi connectivity index (χ2v) is 32.3. The van der Waals surface area contributed by atoms with Crippen molar-refractivity contribution in [3.8, 4) is 0 Å². The summed E-state index contributed by atoms with van der Waals surface area (Å²) in [6.45, 7) is 38.6. The maximum atomic E-state index is 13.5. The molecule has 1 aliphatic rings. The summed E-state index contributed by atoms with van der Waals surface area (Å²) in [7, 11) is -6.96. The second-order valence-electron chi connectivity index (χ2n) is 18.0. The van der Waals surface area contributed by atoms with Crippen LogP contribution in [0.25, 0.3) is 0 Å². The third-order valence-corrected chi connectivity index (χ3v) is 23.7. The van der Waals surface area contributed by atoms with Crippen molar-refractivity contribution in [2.45, 2.75) is 168 Å². The smallest absolute Gasteiger partial charge is 0.351 e. The number of hydroxylamine groups is 1. The van der Waals surface area contributed by atoms with Gasteiger partial charge in [-0.05, 0) is 75.2 Å². The lowest BCUT2D eigenvalue weighted by molar-refractivity contribution is -0.0508.